The minimum absolute atomic E-state index is 0.135. The Balaban J connectivity index is 0.652. The van der Waals surface area contributed by atoms with Crippen LogP contribution in [0.4, 0.5) is 32.8 Å². The van der Waals surface area contributed by atoms with Gasteiger partial charge in [0.1, 0.15) is 34.5 Å². The molecule has 5 aliphatic heterocycles. The highest BCUT2D eigenvalue weighted by atomic mass is 19.1. The van der Waals surface area contributed by atoms with Crippen LogP contribution in [-0.4, -0.2) is 132 Å². The van der Waals surface area contributed by atoms with Crippen LogP contribution in [0.1, 0.15) is 55.3 Å². The standard InChI is InChI=1S/C54H55FN10O8/c1-72-47-26-40-43(56-19-14-46(40)73-39-9-6-35(7-10-39)60-53(71)54(17-18-54)52(70)59-34-4-2-33(55)3-5-34)27-45(47)62-21-15-32(16-22-62)28-63-29-38-25-37(63)30-64(38)31-49(67)58-36-8-11-42-41(24-36)51(69)65(23-20-57-42)44-12-13-48(66)61-50(44)68/h2-11,14,19-20,24,26-27,32,37-38,44H,12-13,15-18,21-23,25,28-31H2,1H3,(H,58,67)(H,59,70)(H,60,71)(H,61,66,68)/t37-,38-,44?/m0/s1. The predicted molar refractivity (Wildman–Crippen MR) is 271 cm³/mol. The van der Waals surface area contributed by atoms with Gasteiger partial charge in [0.15, 0.2) is 0 Å². The molecule has 73 heavy (non-hydrogen) atoms. The summed E-state index contributed by atoms with van der Waals surface area (Å²) in [6.45, 7) is 4.86. The van der Waals surface area contributed by atoms with Crippen molar-refractivity contribution >= 4 is 81.0 Å². The van der Waals surface area contributed by atoms with Gasteiger partial charge in [0, 0.05) is 86.1 Å². The lowest BCUT2D eigenvalue weighted by Crippen LogP contribution is -2.54. The Morgan fingerprint density at radius 2 is 1.51 bits per heavy atom. The number of rotatable bonds is 14. The van der Waals surface area contributed by atoms with Crippen molar-refractivity contribution in [1.29, 1.82) is 0 Å². The molecule has 1 aliphatic carbocycles. The van der Waals surface area contributed by atoms with Crippen LogP contribution < -0.4 is 35.6 Å². The van der Waals surface area contributed by atoms with Gasteiger partial charge in [0.25, 0.3) is 5.91 Å². The van der Waals surface area contributed by atoms with Crippen molar-refractivity contribution in [1.82, 2.24) is 25.0 Å². The van der Waals surface area contributed by atoms with E-state index < -0.39 is 35.0 Å². The first kappa shape index (κ1) is 47.5. The Bertz CT molecular complexity index is 3050. The third-order valence-corrected chi connectivity index (χ3v) is 15.2. The Kier molecular flexibility index (Phi) is 12.8. The number of carbonyl (C=O) groups is 6. The molecule has 6 aliphatic rings. The van der Waals surface area contributed by atoms with Gasteiger partial charge < -0.3 is 35.2 Å². The van der Waals surface area contributed by atoms with E-state index in [2.05, 4.69) is 47.0 Å². The number of methoxy groups -OCH3 is 1. The van der Waals surface area contributed by atoms with Gasteiger partial charge in [-0.1, -0.05) is 0 Å². The fraction of sp³-hybridized carbons (Fsp3) is 0.370. The molecular formula is C54H55FN10O8. The first-order valence-electron chi connectivity index (χ1n) is 24.9. The average Bonchev–Trinajstić information content (AvgIpc) is 4.04. The largest absolute Gasteiger partial charge is 0.495 e. The van der Waals surface area contributed by atoms with Crippen molar-refractivity contribution in [3.05, 3.63) is 103 Å². The van der Waals surface area contributed by atoms with Crippen molar-refractivity contribution in [2.75, 3.05) is 73.8 Å². The van der Waals surface area contributed by atoms with E-state index in [4.69, 9.17) is 14.5 Å². The van der Waals surface area contributed by atoms with Crippen molar-refractivity contribution < 1.29 is 42.6 Å². The van der Waals surface area contributed by atoms with E-state index in [-0.39, 0.29) is 55.3 Å². The monoisotopic (exact) mass is 990 g/mol. The number of halogens is 1. The molecule has 1 saturated carbocycles. The Morgan fingerprint density at radius 3 is 2.19 bits per heavy atom. The lowest BCUT2D eigenvalue weighted by molar-refractivity contribution is -0.137. The number of aromatic nitrogens is 1. The highest BCUT2D eigenvalue weighted by Gasteiger charge is 2.56. The van der Waals surface area contributed by atoms with E-state index >= 15 is 0 Å². The second kappa shape index (κ2) is 19.7. The number of anilines is 4. The number of ether oxygens (including phenoxy) is 2. The number of carbonyl (C=O) groups excluding carboxylic acids is 6. The molecule has 376 valence electrons. The number of nitrogens with zero attached hydrogens (tertiary/aromatic N) is 6. The molecule has 3 atom stereocenters. The third-order valence-electron chi connectivity index (χ3n) is 15.2. The van der Waals surface area contributed by atoms with E-state index in [1.54, 1.807) is 68.1 Å². The number of benzene rings is 4. The maximum atomic E-state index is 13.7. The van der Waals surface area contributed by atoms with Gasteiger partial charge in [-0.2, -0.15) is 0 Å². The normalized spacial score (nSPS) is 21.6. The van der Waals surface area contributed by atoms with Gasteiger partial charge in [0.05, 0.1) is 42.7 Å². The summed E-state index contributed by atoms with van der Waals surface area (Å²) >= 11 is 0. The smallest absolute Gasteiger partial charge is 0.257 e. The highest BCUT2D eigenvalue weighted by Crippen LogP contribution is 2.48. The second-order valence-electron chi connectivity index (χ2n) is 19.8. The molecule has 5 aromatic rings. The SMILES string of the molecule is COc1cc2c(Oc3ccc(NC(=O)C4(C(=O)Nc5ccc(F)cc5)CC4)cc3)ccnc2cc1N1CCC(CN2C[C@@H]3C[C@H]2CN3CC(=O)Nc2ccc3c(c2)C(=O)N(C2CCC(=O)NC2=O)CC=N3)CC1. The number of amides is 6. The van der Waals surface area contributed by atoms with E-state index in [1.165, 1.54) is 29.2 Å². The number of imide groups is 1. The molecule has 6 amide bonds. The van der Waals surface area contributed by atoms with Gasteiger partial charge in [-0.05, 0) is 129 Å². The number of piperidine rings is 2. The van der Waals surface area contributed by atoms with Gasteiger partial charge in [-0.25, -0.2) is 4.39 Å². The molecule has 4 N–H and O–H groups in total. The maximum Gasteiger partial charge on any atom is 0.257 e. The fourth-order valence-corrected chi connectivity index (χ4v) is 11.0. The molecule has 19 heteroatoms. The van der Waals surface area contributed by atoms with E-state index in [1.807, 2.05) is 6.07 Å². The van der Waals surface area contributed by atoms with Crippen LogP contribution >= 0.6 is 0 Å². The Morgan fingerprint density at radius 1 is 0.808 bits per heavy atom. The van der Waals surface area contributed by atoms with E-state index in [0.29, 0.717) is 59.0 Å². The zero-order valence-corrected chi connectivity index (χ0v) is 40.3. The van der Waals surface area contributed by atoms with E-state index in [9.17, 15) is 33.2 Å². The highest BCUT2D eigenvalue weighted by molar-refractivity contribution is 6.17. The number of hydrogen-bond donors (Lipinski definition) is 4. The number of piperazine rings is 1. The van der Waals surface area contributed by atoms with Crippen LogP contribution in [0.2, 0.25) is 0 Å². The molecule has 0 spiro atoms. The van der Waals surface area contributed by atoms with Crippen LogP contribution in [0.25, 0.3) is 10.9 Å². The summed E-state index contributed by atoms with van der Waals surface area (Å²) in [5.41, 5.74) is 2.74. The van der Waals surface area contributed by atoms with Crippen LogP contribution in [0.5, 0.6) is 17.2 Å². The summed E-state index contributed by atoms with van der Waals surface area (Å²) in [5.74, 6) is -0.217. The third kappa shape index (κ3) is 9.81. The number of likely N-dealkylation sites (tertiary alicyclic amines) is 2. The molecule has 5 fully saturated rings. The van der Waals surface area contributed by atoms with Crippen molar-refractivity contribution in [3.63, 3.8) is 0 Å². The molecule has 6 heterocycles. The lowest BCUT2D eigenvalue weighted by Gasteiger charge is -2.39. The summed E-state index contributed by atoms with van der Waals surface area (Å²) in [7, 11) is 1.67. The molecule has 1 unspecified atom stereocenters. The summed E-state index contributed by atoms with van der Waals surface area (Å²) in [5, 5.41) is 11.7. The van der Waals surface area contributed by atoms with Crippen molar-refractivity contribution in [3.8, 4) is 17.2 Å². The summed E-state index contributed by atoms with van der Waals surface area (Å²) < 4.78 is 25.7. The predicted octanol–water partition coefficient (Wildman–Crippen LogP) is 6.11. The second-order valence-corrected chi connectivity index (χ2v) is 19.8. The van der Waals surface area contributed by atoms with Crippen LogP contribution in [0.15, 0.2) is 96.1 Å². The minimum Gasteiger partial charge on any atom is -0.495 e. The zero-order valence-electron chi connectivity index (χ0n) is 40.3. The summed E-state index contributed by atoms with van der Waals surface area (Å²) in [4.78, 5) is 95.4. The number of hydrogen-bond acceptors (Lipinski definition) is 13. The average molecular weight is 991 g/mol. The van der Waals surface area contributed by atoms with Gasteiger partial charge in [-0.3, -0.25) is 53.9 Å². The van der Waals surface area contributed by atoms with Crippen LogP contribution in [-0.2, 0) is 24.0 Å². The summed E-state index contributed by atoms with van der Waals surface area (Å²) in [6, 6.07) is 23.1. The first-order chi connectivity index (χ1) is 35.4. The Labute approximate surface area is 420 Å². The molecule has 2 bridgehead atoms. The number of aliphatic imine (C=N–C) groups is 1. The first-order valence-corrected chi connectivity index (χ1v) is 24.9. The number of pyridine rings is 1. The van der Waals surface area contributed by atoms with Crippen molar-refractivity contribution in [2.24, 2.45) is 16.3 Å². The lowest BCUT2D eigenvalue weighted by atomic mass is 9.95. The van der Waals surface area contributed by atoms with Crippen LogP contribution in [0, 0.1) is 17.2 Å². The van der Waals surface area contributed by atoms with Gasteiger partial charge >= 0.3 is 0 Å². The van der Waals surface area contributed by atoms with Crippen LogP contribution in [0.3, 0.4) is 0 Å². The van der Waals surface area contributed by atoms with E-state index in [0.717, 1.165) is 74.3 Å². The molecule has 4 saturated heterocycles. The van der Waals surface area contributed by atoms with Gasteiger partial charge in [-0.15, -0.1) is 0 Å². The molecule has 1 aromatic heterocycles. The molecule has 18 nitrogen and oxygen atoms in total. The topological polar surface area (TPSA) is 207 Å². The zero-order chi connectivity index (χ0) is 50.4. The number of nitrogens with one attached hydrogen (secondary N) is 4. The maximum absolute atomic E-state index is 13.7. The fourth-order valence-electron chi connectivity index (χ4n) is 11.0. The quantitative estimate of drug-likeness (QED) is 0.0735. The molecule has 4 aromatic carbocycles. The molecular weight excluding hydrogens is 936 g/mol. The molecule has 0 radical (unpaired) electrons. The summed E-state index contributed by atoms with van der Waals surface area (Å²) in [6.07, 6.45) is 7.61. The minimum atomic E-state index is -1.18. The van der Waals surface area contributed by atoms with Gasteiger partial charge in [0.2, 0.25) is 29.5 Å². The molecule has 11 rings (SSSR count). The number of fused-ring (bicyclic) bond motifs is 4. The van der Waals surface area contributed by atoms with Crippen molar-refractivity contribution in [2.45, 2.75) is 63.1 Å². The Hall–Kier alpha value is -7.77.